The summed E-state index contributed by atoms with van der Waals surface area (Å²) in [7, 11) is 0. The van der Waals surface area contributed by atoms with E-state index in [0.717, 1.165) is 12.0 Å². The molecule has 1 aromatic carbocycles. The van der Waals surface area contributed by atoms with E-state index in [1.54, 1.807) is 0 Å². The molecule has 0 aliphatic rings. The fourth-order valence-corrected chi connectivity index (χ4v) is 1.31. The second-order valence-corrected chi connectivity index (χ2v) is 3.40. The molecule has 0 aliphatic heterocycles. The van der Waals surface area contributed by atoms with Gasteiger partial charge in [0.2, 0.25) is 0 Å². The molecule has 2 heteroatoms. The molecule has 0 aliphatic carbocycles. The van der Waals surface area contributed by atoms with E-state index in [-0.39, 0.29) is 6.04 Å². The van der Waals surface area contributed by atoms with Gasteiger partial charge in [-0.05, 0) is 24.5 Å². The Bertz CT molecular complexity index is 228. The van der Waals surface area contributed by atoms with Crippen LogP contribution in [0.15, 0.2) is 24.3 Å². The maximum absolute atomic E-state index is 5.67. The fraction of sp³-hybridized carbons (Fsp3) is 0.400. The predicted octanol–water partition coefficient (Wildman–Crippen LogP) is 2.32. The number of nitrogens with two attached hydrogens (primary N) is 1. The molecule has 1 nitrogen and oxygen atoms in total. The van der Waals surface area contributed by atoms with Crippen LogP contribution in [0.25, 0.3) is 0 Å². The van der Waals surface area contributed by atoms with Gasteiger partial charge in [-0.3, -0.25) is 0 Å². The Hall–Kier alpha value is -0.530. The highest BCUT2D eigenvalue weighted by molar-refractivity contribution is 6.17. The highest BCUT2D eigenvalue weighted by Gasteiger charge is 1.97. The van der Waals surface area contributed by atoms with Gasteiger partial charge in [0.1, 0.15) is 0 Å². The van der Waals surface area contributed by atoms with Gasteiger partial charge >= 0.3 is 0 Å². The summed E-state index contributed by atoms with van der Waals surface area (Å²) in [5.74, 6) is 0.582. The largest absolute Gasteiger partial charge is 0.328 e. The molecule has 0 saturated carbocycles. The first-order chi connectivity index (χ1) is 5.72. The molecule has 0 bridgehead atoms. The monoisotopic (exact) mass is 183 g/mol. The van der Waals surface area contributed by atoms with E-state index < -0.39 is 0 Å². The van der Waals surface area contributed by atoms with E-state index in [1.165, 1.54) is 5.56 Å². The Kier molecular flexibility index (Phi) is 3.57. The predicted molar refractivity (Wildman–Crippen MR) is 53.4 cm³/mol. The zero-order valence-corrected chi connectivity index (χ0v) is 8.01. The van der Waals surface area contributed by atoms with Crippen molar-refractivity contribution in [3.05, 3.63) is 35.4 Å². The quantitative estimate of drug-likeness (QED) is 0.716. The molecule has 0 radical (unpaired) electrons. The van der Waals surface area contributed by atoms with Gasteiger partial charge in [-0.25, -0.2) is 0 Å². The lowest BCUT2D eigenvalue weighted by Crippen LogP contribution is -2.17. The van der Waals surface area contributed by atoms with E-state index in [9.17, 15) is 0 Å². The molecule has 12 heavy (non-hydrogen) atoms. The zero-order valence-electron chi connectivity index (χ0n) is 7.26. The topological polar surface area (TPSA) is 26.0 Å². The minimum Gasteiger partial charge on any atom is -0.328 e. The molecule has 0 spiro atoms. The van der Waals surface area contributed by atoms with Gasteiger partial charge in [-0.1, -0.05) is 24.3 Å². The summed E-state index contributed by atoms with van der Waals surface area (Å²) < 4.78 is 0. The molecule has 2 N–H and O–H groups in total. The molecule has 1 rings (SSSR count). The summed E-state index contributed by atoms with van der Waals surface area (Å²) in [5, 5.41) is 0. The summed E-state index contributed by atoms with van der Waals surface area (Å²) in [6.45, 7) is 2.01. The molecule has 0 saturated heterocycles. The van der Waals surface area contributed by atoms with Gasteiger partial charge in [0.05, 0.1) is 0 Å². The summed E-state index contributed by atoms with van der Waals surface area (Å²) in [6.07, 6.45) is 0.933. The van der Waals surface area contributed by atoms with Crippen LogP contribution in [0.4, 0.5) is 0 Å². The molecule has 0 heterocycles. The second-order valence-electron chi connectivity index (χ2n) is 3.13. The molecule has 1 aromatic rings. The molecule has 1 atom stereocenters. The number of hydrogen-bond donors (Lipinski definition) is 1. The summed E-state index contributed by atoms with van der Waals surface area (Å²) in [4.78, 5) is 0. The summed E-state index contributed by atoms with van der Waals surface area (Å²) >= 11 is 5.66. The average molecular weight is 184 g/mol. The van der Waals surface area contributed by atoms with Crippen LogP contribution < -0.4 is 5.73 Å². The first-order valence-electron chi connectivity index (χ1n) is 4.11. The highest BCUT2D eigenvalue weighted by Crippen LogP contribution is 2.07. The lowest BCUT2D eigenvalue weighted by molar-refractivity contribution is 0.738. The lowest BCUT2D eigenvalue weighted by atomic mass is 10.1. The number of benzene rings is 1. The highest BCUT2D eigenvalue weighted by atomic mass is 35.5. The Morgan fingerprint density at radius 2 is 1.75 bits per heavy atom. The normalized spacial score (nSPS) is 12.9. The van der Waals surface area contributed by atoms with Crippen LogP contribution in [-0.4, -0.2) is 6.04 Å². The zero-order chi connectivity index (χ0) is 8.97. The minimum atomic E-state index is 0.229. The third-order valence-corrected chi connectivity index (χ3v) is 2.04. The maximum atomic E-state index is 5.67. The van der Waals surface area contributed by atoms with Crippen molar-refractivity contribution in [3.8, 4) is 0 Å². The number of rotatable bonds is 3. The second kappa shape index (κ2) is 4.48. The van der Waals surface area contributed by atoms with Gasteiger partial charge in [-0.15, -0.1) is 11.6 Å². The molecule has 66 valence electrons. The summed E-state index contributed by atoms with van der Waals surface area (Å²) in [5.41, 5.74) is 8.10. The van der Waals surface area contributed by atoms with Gasteiger partial charge < -0.3 is 5.73 Å². The molecular weight excluding hydrogens is 170 g/mol. The first kappa shape index (κ1) is 9.56. The van der Waals surface area contributed by atoms with Crippen molar-refractivity contribution in [1.29, 1.82) is 0 Å². The van der Waals surface area contributed by atoms with Gasteiger partial charge in [-0.2, -0.15) is 0 Å². The Morgan fingerprint density at radius 3 is 2.17 bits per heavy atom. The standard InChI is InChI=1S/C10H14ClN/c1-8(12)6-9-2-4-10(7-11)5-3-9/h2-5,8H,6-7,12H2,1H3. The van der Waals surface area contributed by atoms with E-state index in [0.29, 0.717) is 5.88 Å². The van der Waals surface area contributed by atoms with Crippen LogP contribution in [0.2, 0.25) is 0 Å². The smallest absolute Gasteiger partial charge is 0.0474 e. The van der Waals surface area contributed by atoms with Crippen LogP contribution >= 0.6 is 11.6 Å². The van der Waals surface area contributed by atoms with E-state index in [2.05, 4.69) is 12.1 Å². The van der Waals surface area contributed by atoms with E-state index >= 15 is 0 Å². The van der Waals surface area contributed by atoms with Crippen molar-refractivity contribution in [2.45, 2.75) is 25.3 Å². The molecule has 1 unspecified atom stereocenters. The van der Waals surface area contributed by atoms with E-state index in [1.807, 2.05) is 19.1 Å². The van der Waals surface area contributed by atoms with Gasteiger partial charge in [0, 0.05) is 11.9 Å². The molecule has 0 amide bonds. The van der Waals surface area contributed by atoms with Gasteiger partial charge in [0.25, 0.3) is 0 Å². The number of alkyl halides is 1. The van der Waals surface area contributed by atoms with Crippen molar-refractivity contribution in [1.82, 2.24) is 0 Å². The van der Waals surface area contributed by atoms with Crippen LogP contribution in [0, 0.1) is 0 Å². The van der Waals surface area contributed by atoms with Crippen LogP contribution in [0.1, 0.15) is 18.1 Å². The Labute approximate surface area is 78.5 Å². The van der Waals surface area contributed by atoms with Crippen molar-refractivity contribution >= 4 is 11.6 Å². The lowest BCUT2D eigenvalue weighted by Gasteiger charge is -2.04. The SMILES string of the molecule is CC(N)Cc1ccc(CCl)cc1. The van der Waals surface area contributed by atoms with E-state index in [4.69, 9.17) is 17.3 Å². The van der Waals surface area contributed by atoms with Crippen molar-refractivity contribution < 1.29 is 0 Å². The molecule has 0 aromatic heterocycles. The van der Waals surface area contributed by atoms with Crippen molar-refractivity contribution in [3.63, 3.8) is 0 Å². The number of halogens is 1. The van der Waals surface area contributed by atoms with Gasteiger partial charge in [0.15, 0.2) is 0 Å². The van der Waals surface area contributed by atoms with Crippen LogP contribution in [-0.2, 0) is 12.3 Å². The number of hydrogen-bond acceptors (Lipinski definition) is 1. The maximum Gasteiger partial charge on any atom is 0.0474 e. The van der Waals surface area contributed by atoms with Crippen molar-refractivity contribution in [2.75, 3.05) is 0 Å². The van der Waals surface area contributed by atoms with Crippen LogP contribution in [0.3, 0.4) is 0 Å². The Morgan fingerprint density at radius 1 is 1.25 bits per heavy atom. The van der Waals surface area contributed by atoms with Crippen molar-refractivity contribution in [2.24, 2.45) is 5.73 Å². The Balaban J connectivity index is 2.65. The molecular formula is C10H14ClN. The molecule has 0 fully saturated rings. The third kappa shape index (κ3) is 2.84. The van der Waals surface area contributed by atoms with Crippen LogP contribution in [0.5, 0.6) is 0 Å². The summed E-state index contributed by atoms with van der Waals surface area (Å²) in [6, 6.07) is 8.49. The third-order valence-electron chi connectivity index (χ3n) is 1.73. The minimum absolute atomic E-state index is 0.229. The fourth-order valence-electron chi connectivity index (χ4n) is 1.14. The first-order valence-corrected chi connectivity index (χ1v) is 4.65. The average Bonchev–Trinajstić information content (AvgIpc) is 2.05.